The number of rotatable bonds is 8. The fourth-order valence-corrected chi connectivity index (χ4v) is 2.43. The SMILES string of the molecule is CCCCCCCCNC(=O)c1ccc2ncccc2c1. The zero-order chi connectivity index (χ0) is 14.9. The molecule has 1 N–H and O–H groups in total. The number of pyridine rings is 1. The molecule has 0 aliphatic rings. The van der Waals surface area contributed by atoms with Crippen LogP contribution < -0.4 is 5.32 Å². The van der Waals surface area contributed by atoms with E-state index in [1.165, 1.54) is 32.1 Å². The molecule has 1 heterocycles. The van der Waals surface area contributed by atoms with Crippen LogP contribution in [0.25, 0.3) is 10.9 Å². The Morgan fingerprint density at radius 1 is 1.10 bits per heavy atom. The van der Waals surface area contributed by atoms with Crippen molar-refractivity contribution < 1.29 is 4.79 Å². The molecule has 2 aromatic rings. The van der Waals surface area contributed by atoms with Gasteiger partial charge in [0.25, 0.3) is 5.91 Å². The molecule has 21 heavy (non-hydrogen) atoms. The van der Waals surface area contributed by atoms with E-state index in [1.54, 1.807) is 6.20 Å². The van der Waals surface area contributed by atoms with Crippen LogP contribution in [0.15, 0.2) is 36.5 Å². The van der Waals surface area contributed by atoms with Crippen LogP contribution in [0, 0.1) is 0 Å². The molecule has 0 bridgehead atoms. The molecule has 0 radical (unpaired) electrons. The Balaban J connectivity index is 1.77. The molecule has 0 fully saturated rings. The topological polar surface area (TPSA) is 42.0 Å². The Hall–Kier alpha value is -1.90. The van der Waals surface area contributed by atoms with Gasteiger partial charge in [-0.3, -0.25) is 9.78 Å². The largest absolute Gasteiger partial charge is 0.352 e. The highest BCUT2D eigenvalue weighted by atomic mass is 16.1. The molecule has 0 atom stereocenters. The Morgan fingerprint density at radius 3 is 2.76 bits per heavy atom. The molecule has 0 saturated heterocycles. The number of carbonyl (C=O) groups excluding carboxylic acids is 1. The first-order valence-electron chi connectivity index (χ1n) is 7.94. The minimum atomic E-state index is 0.00862. The van der Waals surface area contributed by atoms with Crippen LogP contribution in [0.5, 0.6) is 0 Å². The van der Waals surface area contributed by atoms with E-state index in [4.69, 9.17) is 0 Å². The van der Waals surface area contributed by atoms with E-state index < -0.39 is 0 Å². The highest BCUT2D eigenvalue weighted by Crippen LogP contribution is 2.13. The van der Waals surface area contributed by atoms with Crippen molar-refractivity contribution in [1.29, 1.82) is 0 Å². The number of hydrogen-bond acceptors (Lipinski definition) is 2. The van der Waals surface area contributed by atoms with Crippen LogP contribution >= 0.6 is 0 Å². The molecule has 112 valence electrons. The first-order valence-corrected chi connectivity index (χ1v) is 7.94. The molecule has 0 spiro atoms. The second-order valence-electron chi connectivity index (χ2n) is 5.43. The summed E-state index contributed by atoms with van der Waals surface area (Å²) < 4.78 is 0. The minimum Gasteiger partial charge on any atom is -0.352 e. The molecule has 0 saturated carbocycles. The maximum Gasteiger partial charge on any atom is 0.251 e. The summed E-state index contributed by atoms with van der Waals surface area (Å²) in [6, 6.07) is 9.51. The van der Waals surface area contributed by atoms with Crippen LogP contribution in [0.2, 0.25) is 0 Å². The molecule has 3 nitrogen and oxygen atoms in total. The lowest BCUT2D eigenvalue weighted by Crippen LogP contribution is -2.24. The molecular weight excluding hydrogens is 260 g/mol. The number of carbonyl (C=O) groups is 1. The van der Waals surface area contributed by atoms with Crippen molar-refractivity contribution in [2.45, 2.75) is 45.4 Å². The fourth-order valence-electron chi connectivity index (χ4n) is 2.43. The van der Waals surface area contributed by atoms with Crippen molar-refractivity contribution in [3.8, 4) is 0 Å². The van der Waals surface area contributed by atoms with Crippen LogP contribution in [-0.2, 0) is 0 Å². The summed E-state index contributed by atoms with van der Waals surface area (Å²) in [5, 5.41) is 4.00. The first kappa shape index (κ1) is 15.5. The van der Waals surface area contributed by atoms with Crippen LogP contribution in [0.4, 0.5) is 0 Å². The van der Waals surface area contributed by atoms with Gasteiger partial charge in [0.15, 0.2) is 0 Å². The third kappa shape index (κ3) is 4.85. The van der Waals surface area contributed by atoms with Gasteiger partial charge in [0.1, 0.15) is 0 Å². The Kier molecular flexibility index (Phi) is 6.20. The zero-order valence-electron chi connectivity index (χ0n) is 12.8. The highest BCUT2D eigenvalue weighted by Gasteiger charge is 2.05. The predicted molar refractivity (Wildman–Crippen MR) is 87.5 cm³/mol. The quantitative estimate of drug-likeness (QED) is 0.733. The number of nitrogens with one attached hydrogen (secondary N) is 1. The second-order valence-corrected chi connectivity index (χ2v) is 5.43. The number of hydrogen-bond donors (Lipinski definition) is 1. The average molecular weight is 284 g/mol. The van der Waals surface area contributed by atoms with Gasteiger partial charge in [-0.1, -0.05) is 45.1 Å². The lowest BCUT2D eigenvalue weighted by Gasteiger charge is -2.06. The number of aromatic nitrogens is 1. The maximum atomic E-state index is 12.1. The fraction of sp³-hybridized carbons (Fsp3) is 0.444. The van der Waals surface area contributed by atoms with Crippen molar-refractivity contribution in [3.05, 3.63) is 42.1 Å². The zero-order valence-corrected chi connectivity index (χ0v) is 12.8. The molecule has 3 heteroatoms. The van der Waals surface area contributed by atoms with Gasteiger partial charge in [0.2, 0.25) is 0 Å². The lowest BCUT2D eigenvalue weighted by atomic mass is 10.1. The average Bonchev–Trinajstić information content (AvgIpc) is 2.53. The summed E-state index contributed by atoms with van der Waals surface area (Å²) in [6.45, 7) is 2.98. The van der Waals surface area contributed by atoms with Gasteiger partial charge < -0.3 is 5.32 Å². The summed E-state index contributed by atoms with van der Waals surface area (Å²) in [4.78, 5) is 16.4. The van der Waals surface area contributed by atoms with Gasteiger partial charge in [0.05, 0.1) is 5.52 Å². The first-order chi connectivity index (χ1) is 10.3. The van der Waals surface area contributed by atoms with Crippen molar-refractivity contribution in [2.24, 2.45) is 0 Å². The number of fused-ring (bicyclic) bond motifs is 1. The standard InChI is InChI=1S/C18H24N2O/c1-2-3-4-5-6-7-12-20-18(21)16-10-11-17-15(14-16)9-8-13-19-17/h8-11,13-14H,2-7,12H2,1H3,(H,20,21). The number of nitrogens with zero attached hydrogens (tertiary/aromatic N) is 1. The van der Waals surface area contributed by atoms with Gasteiger partial charge in [-0.05, 0) is 30.7 Å². The van der Waals surface area contributed by atoms with Gasteiger partial charge in [-0.15, -0.1) is 0 Å². The molecule has 0 aliphatic carbocycles. The molecule has 1 aromatic carbocycles. The Labute approximate surface area is 126 Å². The molecule has 2 rings (SSSR count). The van der Waals surface area contributed by atoms with E-state index in [0.29, 0.717) is 5.56 Å². The van der Waals surface area contributed by atoms with Gasteiger partial charge in [-0.2, -0.15) is 0 Å². The molecular formula is C18H24N2O. The van der Waals surface area contributed by atoms with E-state index in [1.807, 2.05) is 30.3 Å². The smallest absolute Gasteiger partial charge is 0.251 e. The molecule has 1 aromatic heterocycles. The Bertz CT molecular complexity index is 580. The van der Waals surface area contributed by atoms with Gasteiger partial charge in [-0.25, -0.2) is 0 Å². The van der Waals surface area contributed by atoms with E-state index in [0.717, 1.165) is 23.9 Å². The third-order valence-corrected chi connectivity index (χ3v) is 3.68. The van der Waals surface area contributed by atoms with E-state index in [-0.39, 0.29) is 5.91 Å². The van der Waals surface area contributed by atoms with Crippen molar-refractivity contribution in [2.75, 3.05) is 6.54 Å². The number of benzene rings is 1. The molecule has 0 unspecified atom stereocenters. The minimum absolute atomic E-state index is 0.00862. The number of amides is 1. The van der Waals surface area contributed by atoms with Gasteiger partial charge >= 0.3 is 0 Å². The van der Waals surface area contributed by atoms with E-state index in [9.17, 15) is 4.79 Å². The predicted octanol–water partition coefficient (Wildman–Crippen LogP) is 4.33. The van der Waals surface area contributed by atoms with E-state index in [2.05, 4.69) is 17.2 Å². The summed E-state index contributed by atoms with van der Waals surface area (Å²) in [5.74, 6) is 0.00862. The van der Waals surface area contributed by atoms with Crippen molar-refractivity contribution in [3.63, 3.8) is 0 Å². The summed E-state index contributed by atoms with van der Waals surface area (Å²) in [5.41, 5.74) is 1.63. The summed E-state index contributed by atoms with van der Waals surface area (Å²) in [7, 11) is 0. The molecule has 1 amide bonds. The third-order valence-electron chi connectivity index (χ3n) is 3.68. The maximum absolute atomic E-state index is 12.1. The Morgan fingerprint density at radius 2 is 1.90 bits per heavy atom. The number of unbranched alkanes of at least 4 members (excludes halogenated alkanes) is 5. The van der Waals surface area contributed by atoms with Crippen LogP contribution in [0.3, 0.4) is 0 Å². The highest BCUT2D eigenvalue weighted by molar-refractivity contribution is 5.97. The van der Waals surface area contributed by atoms with Crippen LogP contribution in [0.1, 0.15) is 55.8 Å². The van der Waals surface area contributed by atoms with E-state index >= 15 is 0 Å². The normalized spacial score (nSPS) is 10.7. The van der Waals surface area contributed by atoms with Gasteiger partial charge in [0, 0.05) is 23.7 Å². The summed E-state index contributed by atoms with van der Waals surface area (Å²) >= 11 is 0. The summed E-state index contributed by atoms with van der Waals surface area (Å²) in [6.07, 6.45) is 9.19. The van der Waals surface area contributed by atoms with Crippen LogP contribution in [-0.4, -0.2) is 17.4 Å². The second kappa shape index (κ2) is 8.40. The van der Waals surface area contributed by atoms with Crippen molar-refractivity contribution in [1.82, 2.24) is 10.3 Å². The lowest BCUT2D eigenvalue weighted by molar-refractivity contribution is 0.0953. The monoisotopic (exact) mass is 284 g/mol. The molecule has 0 aliphatic heterocycles. The van der Waals surface area contributed by atoms with Crippen molar-refractivity contribution >= 4 is 16.8 Å².